The third kappa shape index (κ3) is 7.34. The first-order valence-electron chi connectivity index (χ1n) is 9.97. The summed E-state index contributed by atoms with van der Waals surface area (Å²) in [5.74, 6) is 0.0160. The molecule has 0 bridgehead atoms. The molecule has 34 heavy (non-hydrogen) atoms. The summed E-state index contributed by atoms with van der Waals surface area (Å²) in [6.07, 6.45) is 1.02. The van der Waals surface area contributed by atoms with Crippen molar-refractivity contribution in [3.05, 3.63) is 85.4 Å². The number of methoxy groups -OCH3 is 1. The number of carbonyl (C=O) groups excluding carboxylic acids is 2. The second kappa shape index (κ2) is 12.6. The van der Waals surface area contributed by atoms with Crippen LogP contribution in [0.5, 0.6) is 11.5 Å². The molecule has 3 rings (SSSR count). The van der Waals surface area contributed by atoms with Crippen LogP contribution in [0.3, 0.4) is 0 Å². The summed E-state index contributed by atoms with van der Waals surface area (Å²) >= 11 is 14.1. The molecular weight excluding hydrogens is 592 g/mol. The average molecular weight is 612 g/mol. The molecule has 0 unspecified atom stereocenters. The SMILES string of the molecule is COc1cc(C=NNC(=O)CC(=O)Nc2cccc(Cl)c2Cl)cc(I)c1OCc1ccccc1. The van der Waals surface area contributed by atoms with E-state index in [1.165, 1.54) is 6.21 Å². The molecule has 3 aromatic rings. The summed E-state index contributed by atoms with van der Waals surface area (Å²) < 4.78 is 12.2. The highest BCUT2D eigenvalue weighted by Crippen LogP contribution is 2.34. The molecule has 0 atom stereocenters. The number of hydrogen-bond donors (Lipinski definition) is 2. The van der Waals surface area contributed by atoms with Crippen molar-refractivity contribution in [3.8, 4) is 11.5 Å². The van der Waals surface area contributed by atoms with Gasteiger partial charge in [0.15, 0.2) is 11.5 Å². The van der Waals surface area contributed by atoms with E-state index in [0.717, 1.165) is 9.13 Å². The second-order valence-corrected chi connectivity index (χ2v) is 8.88. The Balaban J connectivity index is 1.57. The first-order valence-corrected chi connectivity index (χ1v) is 11.8. The van der Waals surface area contributed by atoms with Gasteiger partial charge in [-0.15, -0.1) is 0 Å². The number of nitrogens with zero attached hydrogens (tertiary/aromatic N) is 1. The molecule has 0 spiro atoms. The number of amides is 2. The number of hydrazone groups is 1. The summed E-state index contributed by atoms with van der Waals surface area (Å²) in [6, 6.07) is 18.2. The first kappa shape index (κ1) is 25.8. The Hall–Kier alpha value is -2.82. The zero-order valence-electron chi connectivity index (χ0n) is 18.0. The largest absolute Gasteiger partial charge is 0.493 e. The van der Waals surface area contributed by atoms with Crippen LogP contribution in [0.25, 0.3) is 0 Å². The summed E-state index contributed by atoms with van der Waals surface area (Å²) in [7, 11) is 1.55. The van der Waals surface area contributed by atoms with E-state index in [-0.39, 0.29) is 5.02 Å². The van der Waals surface area contributed by atoms with Gasteiger partial charge >= 0.3 is 0 Å². The maximum Gasteiger partial charge on any atom is 0.249 e. The molecule has 0 aliphatic rings. The van der Waals surface area contributed by atoms with Gasteiger partial charge in [-0.2, -0.15) is 5.10 Å². The summed E-state index contributed by atoms with van der Waals surface area (Å²) in [5, 5.41) is 6.97. The predicted octanol–water partition coefficient (Wildman–Crippen LogP) is 5.66. The van der Waals surface area contributed by atoms with Crippen molar-refractivity contribution in [3.63, 3.8) is 0 Å². The van der Waals surface area contributed by atoms with Gasteiger partial charge in [-0.3, -0.25) is 9.59 Å². The molecule has 0 heterocycles. The molecule has 176 valence electrons. The van der Waals surface area contributed by atoms with E-state index in [4.69, 9.17) is 32.7 Å². The van der Waals surface area contributed by atoms with Crippen LogP contribution in [-0.4, -0.2) is 25.1 Å². The number of hydrogen-bond acceptors (Lipinski definition) is 5. The van der Waals surface area contributed by atoms with Crippen LogP contribution in [0.4, 0.5) is 5.69 Å². The normalized spacial score (nSPS) is 10.7. The molecule has 2 N–H and O–H groups in total. The van der Waals surface area contributed by atoms with Gasteiger partial charge in [-0.25, -0.2) is 5.43 Å². The van der Waals surface area contributed by atoms with Crippen molar-refractivity contribution in [2.45, 2.75) is 13.0 Å². The smallest absolute Gasteiger partial charge is 0.249 e. The van der Waals surface area contributed by atoms with Crippen molar-refractivity contribution in [1.82, 2.24) is 5.43 Å². The molecular formula is C24H20Cl2IN3O4. The van der Waals surface area contributed by atoms with Crippen LogP contribution in [-0.2, 0) is 16.2 Å². The van der Waals surface area contributed by atoms with E-state index in [9.17, 15) is 9.59 Å². The molecule has 2 amide bonds. The Morgan fingerprint density at radius 1 is 1.06 bits per heavy atom. The van der Waals surface area contributed by atoms with E-state index in [1.807, 2.05) is 36.4 Å². The molecule has 0 aliphatic heterocycles. The minimum Gasteiger partial charge on any atom is -0.493 e. The lowest BCUT2D eigenvalue weighted by molar-refractivity contribution is -0.126. The highest BCUT2D eigenvalue weighted by molar-refractivity contribution is 14.1. The van der Waals surface area contributed by atoms with Crippen LogP contribution in [0, 0.1) is 3.57 Å². The van der Waals surface area contributed by atoms with Crippen LogP contribution in [0.15, 0.2) is 65.8 Å². The number of rotatable bonds is 9. The number of nitrogens with one attached hydrogen (secondary N) is 2. The number of carbonyl (C=O) groups is 2. The van der Waals surface area contributed by atoms with Crippen molar-refractivity contribution < 1.29 is 19.1 Å². The van der Waals surface area contributed by atoms with Gasteiger partial charge in [-0.1, -0.05) is 59.6 Å². The van der Waals surface area contributed by atoms with E-state index < -0.39 is 18.2 Å². The molecule has 7 nitrogen and oxygen atoms in total. The van der Waals surface area contributed by atoms with Gasteiger partial charge < -0.3 is 14.8 Å². The quantitative estimate of drug-likeness (QED) is 0.141. The van der Waals surface area contributed by atoms with Crippen LogP contribution in [0.1, 0.15) is 17.5 Å². The highest BCUT2D eigenvalue weighted by atomic mass is 127. The van der Waals surface area contributed by atoms with Crippen LogP contribution < -0.4 is 20.2 Å². The van der Waals surface area contributed by atoms with Gasteiger partial charge in [0.1, 0.15) is 13.0 Å². The van der Waals surface area contributed by atoms with Crippen molar-refractivity contribution in [1.29, 1.82) is 0 Å². The van der Waals surface area contributed by atoms with E-state index in [0.29, 0.717) is 34.4 Å². The topological polar surface area (TPSA) is 89.0 Å². The lowest BCUT2D eigenvalue weighted by Gasteiger charge is -2.13. The Kier molecular flexibility index (Phi) is 9.55. The molecule has 10 heteroatoms. The maximum absolute atomic E-state index is 12.1. The number of ether oxygens (including phenoxy) is 2. The van der Waals surface area contributed by atoms with Gasteiger partial charge in [-0.05, 0) is 58.0 Å². The number of anilines is 1. The minimum atomic E-state index is -0.587. The highest BCUT2D eigenvalue weighted by Gasteiger charge is 2.13. The summed E-state index contributed by atoms with van der Waals surface area (Å²) in [4.78, 5) is 24.2. The second-order valence-electron chi connectivity index (χ2n) is 6.93. The number of benzene rings is 3. The van der Waals surface area contributed by atoms with Gasteiger partial charge in [0.25, 0.3) is 0 Å². The molecule has 0 saturated carbocycles. The summed E-state index contributed by atoms with van der Waals surface area (Å²) in [5.41, 5.74) is 4.38. The fourth-order valence-electron chi connectivity index (χ4n) is 2.84. The lowest BCUT2D eigenvalue weighted by atomic mass is 10.2. The maximum atomic E-state index is 12.1. The van der Waals surface area contributed by atoms with E-state index in [2.05, 4.69) is 38.4 Å². The van der Waals surface area contributed by atoms with Crippen LogP contribution >= 0.6 is 45.8 Å². The van der Waals surface area contributed by atoms with Gasteiger partial charge in [0, 0.05) is 0 Å². The molecule has 0 saturated heterocycles. The number of halogens is 3. The minimum absolute atomic E-state index is 0.204. The zero-order chi connectivity index (χ0) is 24.5. The van der Waals surface area contributed by atoms with E-state index >= 15 is 0 Å². The predicted molar refractivity (Wildman–Crippen MR) is 142 cm³/mol. The molecule has 0 radical (unpaired) electrons. The molecule has 0 fully saturated rings. The third-order valence-corrected chi connectivity index (χ3v) is 6.05. The van der Waals surface area contributed by atoms with Crippen molar-refractivity contribution in [2.24, 2.45) is 5.10 Å². The third-order valence-electron chi connectivity index (χ3n) is 4.43. The Morgan fingerprint density at radius 3 is 2.56 bits per heavy atom. The molecule has 0 aliphatic carbocycles. The van der Waals surface area contributed by atoms with E-state index in [1.54, 1.807) is 31.4 Å². The monoisotopic (exact) mass is 611 g/mol. The standard InChI is InChI=1S/C24H20Cl2IN3O4/c1-33-20-11-16(10-18(27)24(20)34-14-15-6-3-2-4-7-15)13-28-30-22(32)12-21(31)29-19-9-5-8-17(25)23(19)26/h2-11,13H,12,14H2,1H3,(H,29,31)(H,30,32). The fraction of sp³-hybridized carbons (Fsp3) is 0.125. The lowest BCUT2D eigenvalue weighted by Crippen LogP contribution is -2.24. The average Bonchev–Trinajstić information content (AvgIpc) is 2.81. The Labute approximate surface area is 220 Å². The summed E-state index contributed by atoms with van der Waals surface area (Å²) in [6.45, 7) is 0.402. The van der Waals surface area contributed by atoms with Gasteiger partial charge in [0.2, 0.25) is 11.8 Å². The van der Waals surface area contributed by atoms with Crippen LogP contribution in [0.2, 0.25) is 10.0 Å². The van der Waals surface area contributed by atoms with Gasteiger partial charge in [0.05, 0.1) is 32.6 Å². The van der Waals surface area contributed by atoms with Crippen molar-refractivity contribution in [2.75, 3.05) is 12.4 Å². The fourth-order valence-corrected chi connectivity index (χ4v) is 3.97. The first-order chi connectivity index (χ1) is 16.4. The Bertz CT molecular complexity index is 1210. The molecule has 0 aromatic heterocycles. The van der Waals surface area contributed by atoms with Crippen molar-refractivity contribution >= 4 is 69.5 Å². The Morgan fingerprint density at radius 2 is 1.82 bits per heavy atom. The zero-order valence-corrected chi connectivity index (χ0v) is 21.6. The molecule has 3 aromatic carbocycles.